The molecule has 2 aliphatic rings. The topological polar surface area (TPSA) is 84.7 Å². The van der Waals surface area contributed by atoms with Gasteiger partial charge in [-0.2, -0.15) is 9.40 Å². The minimum Gasteiger partial charge on any atom is -0.378 e. The molecule has 1 aromatic heterocycles. The highest BCUT2D eigenvalue weighted by Gasteiger charge is 2.32. The molecule has 0 bridgehead atoms. The summed E-state index contributed by atoms with van der Waals surface area (Å²) in [6.07, 6.45) is 3.00. The van der Waals surface area contributed by atoms with Gasteiger partial charge >= 0.3 is 0 Å². The number of rotatable bonds is 5. The second-order valence-corrected chi connectivity index (χ2v) is 9.04. The van der Waals surface area contributed by atoms with Crippen molar-refractivity contribution in [3.05, 3.63) is 11.8 Å². The van der Waals surface area contributed by atoms with E-state index in [0.717, 1.165) is 19.3 Å². The van der Waals surface area contributed by atoms with Crippen LogP contribution in [-0.2, 0) is 26.6 Å². The average molecular weight is 385 g/mol. The highest BCUT2D eigenvalue weighted by Crippen LogP contribution is 2.26. The molecular formula is C17H28N4O4S. The first-order valence-corrected chi connectivity index (χ1v) is 10.7. The zero-order chi connectivity index (χ0) is 18.7. The summed E-state index contributed by atoms with van der Waals surface area (Å²) in [6.45, 7) is 5.31. The van der Waals surface area contributed by atoms with Crippen LogP contribution in [0.1, 0.15) is 31.4 Å². The second kappa shape index (κ2) is 8.06. The van der Waals surface area contributed by atoms with Crippen LogP contribution in [-0.4, -0.2) is 72.7 Å². The van der Waals surface area contributed by atoms with Gasteiger partial charge < -0.3 is 9.64 Å². The number of carbonyl (C=O) groups is 1. The van der Waals surface area contributed by atoms with Gasteiger partial charge in [0.05, 0.1) is 18.9 Å². The van der Waals surface area contributed by atoms with Crippen LogP contribution in [0.3, 0.4) is 0 Å². The highest BCUT2D eigenvalue weighted by molar-refractivity contribution is 7.89. The quantitative estimate of drug-likeness (QED) is 0.749. The van der Waals surface area contributed by atoms with Crippen molar-refractivity contribution in [1.29, 1.82) is 0 Å². The minimum absolute atomic E-state index is 0.149. The molecular weight excluding hydrogens is 356 g/mol. The van der Waals surface area contributed by atoms with E-state index in [-0.39, 0.29) is 16.9 Å². The monoisotopic (exact) mass is 384 g/mol. The average Bonchev–Trinajstić information content (AvgIpc) is 2.99. The lowest BCUT2D eigenvalue weighted by molar-refractivity contribution is -0.135. The lowest BCUT2D eigenvalue weighted by Crippen LogP contribution is -2.42. The number of nitrogens with zero attached hydrogens (tertiary/aromatic N) is 4. The molecule has 1 aromatic rings. The summed E-state index contributed by atoms with van der Waals surface area (Å²) in [4.78, 5) is 14.2. The number of sulfonamides is 1. The molecule has 3 heterocycles. The fraction of sp³-hybridized carbons (Fsp3) is 0.765. The van der Waals surface area contributed by atoms with Gasteiger partial charge in [-0.15, -0.1) is 0 Å². The van der Waals surface area contributed by atoms with Crippen LogP contribution >= 0.6 is 0 Å². The van der Waals surface area contributed by atoms with Crippen molar-refractivity contribution in [2.45, 2.75) is 37.6 Å². The first-order chi connectivity index (χ1) is 12.4. The lowest BCUT2D eigenvalue weighted by Gasteiger charge is -2.32. The SMILES string of the molecule is Cc1cc(S(=O)(=O)N2CCC[C@H](CCC(=O)N3CCOCC3)C2)n(C)n1. The van der Waals surface area contributed by atoms with Crippen molar-refractivity contribution in [2.75, 3.05) is 39.4 Å². The fourth-order valence-electron chi connectivity index (χ4n) is 3.74. The predicted molar refractivity (Wildman–Crippen MR) is 96.1 cm³/mol. The van der Waals surface area contributed by atoms with E-state index in [9.17, 15) is 13.2 Å². The molecule has 2 saturated heterocycles. The van der Waals surface area contributed by atoms with Gasteiger partial charge in [0.2, 0.25) is 5.91 Å². The van der Waals surface area contributed by atoms with E-state index in [1.54, 1.807) is 24.3 Å². The summed E-state index contributed by atoms with van der Waals surface area (Å²) >= 11 is 0. The van der Waals surface area contributed by atoms with E-state index >= 15 is 0 Å². The Morgan fingerprint density at radius 1 is 1.31 bits per heavy atom. The number of ether oxygens (including phenoxy) is 1. The first kappa shape index (κ1) is 19.3. The zero-order valence-electron chi connectivity index (χ0n) is 15.6. The Labute approximate surface area is 155 Å². The molecule has 0 aliphatic carbocycles. The molecule has 0 unspecified atom stereocenters. The summed E-state index contributed by atoms with van der Waals surface area (Å²) in [5, 5.41) is 4.39. The standard InChI is InChI=1S/C17H28N4O4S/c1-14-12-17(19(2)18-14)26(23,24)21-7-3-4-15(13-21)5-6-16(22)20-8-10-25-11-9-20/h12,15H,3-11,13H2,1-2H3/t15-/m1/s1. The number of aryl methyl sites for hydroxylation is 2. The number of morpholine rings is 1. The van der Waals surface area contributed by atoms with Crippen molar-refractivity contribution in [1.82, 2.24) is 19.0 Å². The molecule has 0 aromatic carbocycles. The Bertz CT molecular complexity index is 740. The van der Waals surface area contributed by atoms with Crippen LogP contribution in [0.15, 0.2) is 11.1 Å². The molecule has 1 amide bonds. The molecule has 146 valence electrons. The van der Waals surface area contributed by atoms with Crippen molar-refractivity contribution in [3.8, 4) is 0 Å². The number of amides is 1. The van der Waals surface area contributed by atoms with Gasteiger partial charge in [0.25, 0.3) is 10.0 Å². The molecule has 1 atom stereocenters. The largest absolute Gasteiger partial charge is 0.378 e. The molecule has 9 heteroatoms. The normalized spacial score (nSPS) is 22.5. The molecule has 0 radical (unpaired) electrons. The summed E-state index contributed by atoms with van der Waals surface area (Å²) < 4.78 is 34.1. The second-order valence-electron chi connectivity index (χ2n) is 7.15. The van der Waals surface area contributed by atoms with E-state index in [4.69, 9.17) is 4.74 Å². The van der Waals surface area contributed by atoms with E-state index in [2.05, 4.69) is 5.10 Å². The maximum Gasteiger partial charge on any atom is 0.260 e. The van der Waals surface area contributed by atoms with Gasteiger partial charge in [-0.1, -0.05) is 0 Å². The Balaban J connectivity index is 1.58. The molecule has 3 rings (SSSR count). The van der Waals surface area contributed by atoms with Crippen LogP contribution in [0.2, 0.25) is 0 Å². The number of aromatic nitrogens is 2. The Hall–Kier alpha value is -1.45. The van der Waals surface area contributed by atoms with Crippen LogP contribution in [0.25, 0.3) is 0 Å². The summed E-state index contributed by atoms with van der Waals surface area (Å²) in [5.41, 5.74) is 0.691. The van der Waals surface area contributed by atoms with E-state index in [0.29, 0.717) is 51.5 Å². The zero-order valence-corrected chi connectivity index (χ0v) is 16.4. The van der Waals surface area contributed by atoms with Crippen LogP contribution in [0.5, 0.6) is 0 Å². The van der Waals surface area contributed by atoms with Gasteiger partial charge in [0, 0.05) is 39.6 Å². The Kier molecular flexibility index (Phi) is 5.99. The van der Waals surface area contributed by atoms with Crippen molar-refractivity contribution in [3.63, 3.8) is 0 Å². The predicted octanol–water partition coefficient (Wildman–Crippen LogP) is 0.768. The molecule has 2 aliphatic heterocycles. The Morgan fingerprint density at radius 2 is 2.04 bits per heavy atom. The van der Waals surface area contributed by atoms with Gasteiger partial charge in [-0.25, -0.2) is 8.42 Å². The van der Waals surface area contributed by atoms with E-state index < -0.39 is 10.0 Å². The summed E-state index contributed by atoms with van der Waals surface area (Å²) in [5.74, 6) is 0.369. The molecule has 8 nitrogen and oxygen atoms in total. The first-order valence-electron chi connectivity index (χ1n) is 9.24. The molecule has 0 N–H and O–H groups in total. The maximum atomic E-state index is 12.9. The third-order valence-corrected chi connectivity index (χ3v) is 7.10. The van der Waals surface area contributed by atoms with Crippen LogP contribution in [0.4, 0.5) is 0 Å². The number of hydrogen-bond acceptors (Lipinski definition) is 5. The lowest BCUT2D eigenvalue weighted by atomic mass is 9.94. The molecule has 0 spiro atoms. The molecule has 26 heavy (non-hydrogen) atoms. The van der Waals surface area contributed by atoms with Crippen LogP contribution in [0, 0.1) is 12.8 Å². The van der Waals surface area contributed by atoms with Gasteiger partial charge in [-0.3, -0.25) is 9.48 Å². The van der Waals surface area contributed by atoms with Gasteiger partial charge in [0.1, 0.15) is 0 Å². The fourth-order valence-corrected chi connectivity index (χ4v) is 5.48. The minimum atomic E-state index is -3.54. The highest BCUT2D eigenvalue weighted by atomic mass is 32.2. The smallest absolute Gasteiger partial charge is 0.260 e. The van der Waals surface area contributed by atoms with Gasteiger partial charge in [0.15, 0.2) is 5.03 Å². The third kappa shape index (κ3) is 4.27. The Morgan fingerprint density at radius 3 is 2.69 bits per heavy atom. The third-order valence-electron chi connectivity index (χ3n) is 5.18. The van der Waals surface area contributed by atoms with E-state index in [1.165, 1.54) is 4.68 Å². The van der Waals surface area contributed by atoms with E-state index in [1.807, 2.05) is 4.90 Å². The number of carbonyl (C=O) groups excluding carboxylic acids is 1. The number of hydrogen-bond donors (Lipinski definition) is 0. The van der Waals surface area contributed by atoms with Gasteiger partial charge in [-0.05, 0) is 38.2 Å². The van der Waals surface area contributed by atoms with Crippen molar-refractivity contribution in [2.24, 2.45) is 13.0 Å². The van der Waals surface area contributed by atoms with Crippen molar-refractivity contribution >= 4 is 15.9 Å². The van der Waals surface area contributed by atoms with Crippen LogP contribution < -0.4 is 0 Å². The molecule has 2 fully saturated rings. The maximum absolute atomic E-state index is 12.9. The summed E-state index contributed by atoms with van der Waals surface area (Å²) in [6, 6.07) is 1.61. The van der Waals surface area contributed by atoms with Crippen molar-refractivity contribution < 1.29 is 17.9 Å². The number of piperidine rings is 1. The summed E-state index contributed by atoms with van der Waals surface area (Å²) in [7, 11) is -1.89. The molecule has 0 saturated carbocycles.